The van der Waals surface area contributed by atoms with E-state index in [4.69, 9.17) is 16.7 Å². The largest absolute Gasteiger partial charge is 0.477 e. The van der Waals surface area contributed by atoms with Gasteiger partial charge in [0.15, 0.2) is 0 Å². The Labute approximate surface area is 175 Å². The van der Waals surface area contributed by atoms with Gasteiger partial charge in [-0.15, -0.1) is 11.8 Å². The van der Waals surface area contributed by atoms with Gasteiger partial charge in [-0.05, 0) is 40.6 Å². The van der Waals surface area contributed by atoms with Gasteiger partial charge in [-0.25, -0.2) is 10.6 Å². The zero-order valence-corrected chi connectivity index (χ0v) is 17.4. The summed E-state index contributed by atoms with van der Waals surface area (Å²) in [4.78, 5) is 11.0. The highest BCUT2D eigenvalue weighted by Crippen LogP contribution is 2.37. The fourth-order valence-corrected chi connectivity index (χ4v) is 3.46. The molecule has 0 fully saturated rings. The molecule has 0 heterocycles. The highest BCUT2D eigenvalue weighted by atomic mass is 32.2. The van der Waals surface area contributed by atoms with Crippen LogP contribution in [0.5, 0.6) is 0 Å². The van der Waals surface area contributed by atoms with Gasteiger partial charge in [0.05, 0.1) is 0 Å². The van der Waals surface area contributed by atoms with Crippen molar-refractivity contribution in [2.24, 2.45) is 11.6 Å². The molecule has 0 saturated carbocycles. The average Bonchev–Trinajstić information content (AvgIpc) is 2.69. The second-order valence-corrected chi connectivity index (χ2v) is 7.37. The van der Waals surface area contributed by atoms with Crippen molar-refractivity contribution in [1.82, 2.24) is 5.43 Å². The Morgan fingerprint density at radius 2 is 1.52 bits per heavy atom. The summed E-state index contributed by atoms with van der Waals surface area (Å²) < 4.78 is 37.1. The molecule has 5 nitrogen and oxygen atoms in total. The van der Waals surface area contributed by atoms with Crippen LogP contribution in [0.15, 0.2) is 64.2 Å². The van der Waals surface area contributed by atoms with Gasteiger partial charge in [-0.2, -0.15) is 13.2 Å². The van der Waals surface area contributed by atoms with Crippen LogP contribution in [0.1, 0.15) is 19.4 Å². The van der Waals surface area contributed by atoms with Crippen molar-refractivity contribution in [2.45, 2.75) is 30.0 Å². The quantitative estimate of drug-likeness (QED) is 0.208. The van der Waals surface area contributed by atoms with Gasteiger partial charge in [-0.3, -0.25) is 0 Å². The maximum absolute atomic E-state index is 12.4. The van der Waals surface area contributed by atoms with Gasteiger partial charge in [0.25, 0.3) is 0 Å². The number of aliphatic carboxylic acids is 1. The molecule has 0 aliphatic carbocycles. The van der Waals surface area contributed by atoms with E-state index in [1.54, 1.807) is 12.1 Å². The number of carboxylic acids is 1. The molecule has 0 atom stereocenters. The predicted octanol–water partition coefficient (Wildman–Crippen LogP) is 4.90. The van der Waals surface area contributed by atoms with E-state index in [1.807, 2.05) is 38.1 Å². The number of nitrogens with one attached hydrogen (secondary N) is 1. The number of hydrogen-bond donors (Lipinski definition) is 4. The maximum Gasteiger partial charge on any atom is 0.446 e. The summed E-state index contributed by atoms with van der Waals surface area (Å²) in [5.74, 6) is 4.46. The number of rotatable bonds is 7. The molecule has 0 amide bonds. The Morgan fingerprint density at radius 3 is 1.93 bits per heavy atom. The first-order valence-electron chi connectivity index (χ1n) is 8.47. The van der Waals surface area contributed by atoms with Crippen LogP contribution in [0.3, 0.4) is 0 Å². The first-order valence-corrected chi connectivity index (χ1v) is 10.3. The molecule has 0 radical (unpaired) electrons. The molecule has 2 aromatic rings. The standard InChI is InChI=1S/C17H16F3N3O2S2.C2H6/c18-17(19,20)27-13-7-5-12(6-8-13)11-3-1-10(2-4-11)9-26-15(23-22)14(21)16(24)25;1-2/h1-8,23H,9,21-22H2,(H,24,25);1-2H3/b15-14+;. The third-order valence-electron chi connectivity index (χ3n) is 3.36. The fourth-order valence-electron chi connectivity index (χ4n) is 2.09. The van der Waals surface area contributed by atoms with Crippen LogP contribution in [-0.4, -0.2) is 16.6 Å². The first-order chi connectivity index (χ1) is 13.7. The molecule has 6 N–H and O–H groups in total. The summed E-state index contributed by atoms with van der Waals surface area (Å²) in [6.07, 6.45) is 0. The van der Waals surface area contributed by atoms with E-state index in [0.29, 0.717) is 5.75 Å². The molecule has 29 heavy (non-hydrogen) atoms. The maximum atomic E-state index is 12.4. The van der Waals surface area contributed by atoms with E-state index in [-0.39, 0.29) is 27.4 Å². The van der Waals surface area contributed by atoms with Gasteiger partial charge in [0.2, 0.25) is 0 Å². The van der Waals surface area contributed by atoms with Crippen molar-refractivity contribution in [3.63, 3.8) is 0 Å². The zero-order valence-electron chi connectivity index (χ0n) is 15.8. The van der Waals surface area contributed by atoms with E-state index >= 15 is 0 Å². The van der Waals surface area contributed by atoms with Gasteiger partial charge in [0.1, 0.15) is 10.7 Å². The van der Waals surface area contributed by atoms with Crippen LogP contribution >= 0.6 is 23.5 Å². The Kier molecular flexibility index (Phi) is 9.93. The summed E-state index contributed by atoms with van der Waals surface area (Å²) in [5, 5.41) is 9.03. The second kappa shape index (κ2) is 11.6. The van der Waals surface area contributed by atoms with E-state index in [9.17, 15) is 18.0 Å². The van der Waals surface area contributed by atoms with Gasteiger partial charge in [0, 0.05) is 10.6 Å². The molecule has 2 rings (SSSR count). The van der Waals surface area contributed by atoms with Crippen LogP contribution in [0.2, 0.25) is 0 Å². The lowest BCUT2D eigenvalue weighted by atomic mass is 10.0. The molecule has 0 unspecified atom stereocenters. The van der Waals surface area contributed by atoms with Gasteiger partial charge >= 0.3 is 11.5 Å². The summed E-state index contributed by atoms with van der Waals surface area (Å²) in [6, 6.07) is 13.5. The predicted molar refractivity (Wildman–Crippen MR) is 113 cm³/mol. The average molecular weight is 446 g/mol. The number of hydrazine groups is 1. The van der Waals surface area contributed by atoms with Crippen molar-refractivity contribution < 1.29 is 23.1 Å². The first kappa shape index (κ1) is 24.7. The Balaban J connectivity index is 0.00000204. The third kappa shape index (κ3) is 8.30. The fraction of sp³-hybridized carbons (Fsp3) is 0.211. The summed E-state index contributed by atoms with van der Waals surface area (Å²) >= 11 is 0.996. The number of halogens is 3. The molecule has 0 saturated heterocycles. The van der Waals surface area contributed by atoms with Crippen LogP contribution in [0.4, 0.5) is 13.2 Å². The molecule has 158 valence electrons. The van der Waals surface area contributed by atoms with Crippen molar-refractivity contribution in [3.05, 3.63) is 64.8 Å². The SMILES string of the molecule is CC.NN/C(SCc1ccc(-c2ccc(SC(F)(F)F)cc2)cc1)=C(\N)C(=O)O. The number of thioether (sulfide) groups is 2. The minimum Gasteiger partial charge on any atom is -0.477 e. The lowest BCUT2D eigenvalue weighted by Crippen LogP contribution is -2.26. The minimum absolute atomic E-state index is 0.129. The lowest BCUT2D eigenvalue weighted by Gasteiger charge is -2.09. The monoisotopic (exact) mass is 445 g/mol. The van der Waals surface area contributed by atoms with E-state index < -0.39 is 11.5 Å². The van der Waals surface area contributed by atoms with E-state index in [2.05, 4.69) is 5.43 Å². The van der Waals surface area contributed by atoms with Gasteiger partial charge < -0.3 is 16.3 Å². The third-order valence-corrected chi connectivity index (χ3v) is 5.21. The molecule has 2 aromatic carbocycles. The Bertz CT molecular complexity index is 824. The molecule has 0 aliphatic rings. The van der Waals surface area contributed by atoms with Crippen LogP contribution in [0, 0.1) is 0 Å². The number of alkyl halides is 3. The summed E-state index contributed by atoms with van der Waals surface area (Å²) in [5.41, 5.74) is 5.57. The summed E-state index contributed by atoms with van der Waals surface area (Å²) in [6.45, 7) is 4.00. The number of hydrogen-bond acceptors (Lipinski definition) is 6. The second-order valence-electron chi connectivity index (χ2n) is 5.25. The summed E-state index contributed by atoms with van der Waals surface area (Å²) in [7, 11) is 0. The van der Waals surface area contributed by atoms with Crippen LogP contribution in [0.25, 0.3) is 11.1 Å². The number of nitrogens with two attached hydrogens (primary N) is 2. The minimum atomic E-state index is -4.31. The normalized spacial score (nSPS) is 11.8. The van der Waals surface area contributed by atoms with Crippen LogP contribution in [-0.2, 0) is 10.5 Å². The van der Waals surface area contributed by atoms with E-state index in [1.165, 1.54) is 12.1 Å². The molecule has 0 spiro atoms. The highest BCUT2D eigenvalue weighted by molar-refractivity contribution is 8.02. The zero-order chi connectivity index (χ0) is 22.0. The molecule has 10 heteroatoms. The molecule has 0 bridgehead atoms. The molecule has 0 aliphatic heterocycles. The topological polar surface area (TPSA) is 101 Å². The number of carboxylic acid groups (broad SMARTS) is 1. The molecule has 0 aromatic heterocycles. The number of benzene rings is 2. The smallest absolute Gasteiger partial charge is 0.446 e. The van der Waals surface area contributed by atoms with Crippen molar-refractivity contribution >= 4 is 29.5 Å². The number of carbonyl (C=O) groups is 1. The highest BCUT2D eigenvalue weighted by Gasteiger charge is 2.29. The van der Waals surface area contributed by atoms with Crippen molar-refractivity contribution in [3.8, 4) is 11.1 Å². The Hall–Kier alpha value is -2.30. The molecular weight excluding hydrogens is 423 g/mol. The Morgan fingerprint density at radius 1 is 1.03 bits per heavy atom. The lowest BCUT2D eigenvalue weighted by molar-refractivity contribution is -0.132. The molecular formula is C19H22F3N3O2S2. The van der Waals surface area contributed by atoms with Crippen molar-refractivity contribution in [1.29, 1.82) is 0 Å². The van der Waals surface area contributed by atoms with Gasteiger partial charge in [-0.1, -0.05) is 50.2 Å². The van der Waals surface area contributed by atoms with E-state index in [0.717, 1.165) is 28.5 Å². The van der Waals surface area contributed by atoms with Crippen LogP contribution < -0.4 is 17.0 Å². The van der Waals surface area contributed by atoms with Crippen molar-refractivity contribution in [2.75, 3.05) is 0 Å².